The lowest BCUT2D eigenvalue weighted by atomic mass is 9.78. The second-order valence-corrected chi connectivity index (χ2v) is 9.72. The summed E-state index contributed by atoms with van der Waals surface area (Å²) in [5.41, 5.74) is 1.14. The Morgan fingerprint density at radius 1 is 1.05 bits per heavy atom. The van der Waals surface area contributed by atoms with Crippen LogP contribution in [0.25, 0.3) is 0 Å². The molecule has 2 aromatic carbocycles. The van der Waals surface area contributed by atoms with Crippen molar-refractivity contribution in [3.63, 3.8) is 0 Å². The number of fused-ring (bicyclic) bond motifs is 1. The van der Waals surface area contributed by atoms with E-state index >= 15 is 0 Å². The van der Waals surface area contributed by atoms with Crippen molar-refractivity contribution in [1.29, 1.82) is 0 Å². The molecule has 1 aliphatic carbocycles. The minimum atomic E-state index is -0.744. The van der Waals surface area contributed by atoms with Gasteiger partial charge in [0.15, 0.2) is 0 Å². The maximum Gasteiger partial charge on any atom is 0.316 e. The topological polar surface area (TPSA) is 127 Å². The number of aryl methyl sites for hydroxylation is 1. The van der Waals surface area contributed by atoms with E-state index in [0.717, 1.165) is 0 Å². The zero-order chi connectivity index (χ0) is 26.4. The smallest absolute Gasteiger partial charge is 0.316 e. The fraction of sp³-hybridized carbons (Fsp3) is 0.333. The van der Waals surface area contributed by atoms with Crippen LogP contribution in [0, 0.1) is 40.7 Å². The zero-order valence-electron chi connectivity index (χ0n) is 20.3. The highest BCUT2D eigenvalue weighted by atomic mass is 16.6. The Bertz CT molecular complexity index is 1350. The van der Waals surface area contributed by atoms with Crippen molar-refractivity contribution in [2.45, 2.75) is 26.7 Å². The van der Waals surface area contributed by atoms with Gasteiger partial charge in [-0.3, -0.25) is 34.2 Å². The van der Waals surface area contributed by atoms with Crippen molar-refractivity contribution in [2.75, 3.05) is 16.3 Å². The number of hydrogen-bond donors (Lipinski definition) is 0. The molecule has 0 unspecified atom stereocenters. The molecule has 0 saturated carbocycles. The molecular weight excluding hydrogens is 478 g/mol. The Hall–Kier alpha value is -4.34. The van der Waals surface area contributed by atoms with Crippen LogP contribution in [-0.2, 0) is 19.2 Å². The molecule has 37 heavy (non-hydrogen) atoms. The van der Waals surface area contributed by atoms with Crippen molar-refractivity contribution in [3.05, 3.63) is 70.3 Å². The van der Waals surface area contributed by atoms with Crippen LogP contribution in [0.1, 0.15) is 25.3 Å². The van der Waals surface area contributed by atoms with Crippen LogP contribution < -0.4 is 14.5 Å². The first-order valence-electron chi connectivity index (χ1n) is 12.1. The number of nitro groups is 1. The maximum absolute atomic E-state index is 13.0. The van der Waals surface area contributed by atoms with Gasteiger partial charge in [-0.1, -0.05) is 25.1 Å². The lowest BCUT2D eigenvalue weighted by Crippen LogP contribution is -2.31. The number of esters is 1. The van der Waals surface area contributed by atoms with Crippen molar-refractivity contribution in [2.24, 2.45) is 23.7 Å². The van der Waals surface area contributed by atoms with E-state index in [1.807, 2.05) is 19.1 Å². The van der Waals surface area contributed by atoms with Crippen molar-refractivity contribution >= 4 is 40.8 Å². The van der Waals surface area contributed by atoms with Gasteiger partial charge in [0.2, 0.25) is 17.7 Å². The van der Waals surface area contributed by atoms with Gasteiger partial charge in [-0.25, -0.2) is 0 Å². The normalized spacial score (nSPS) is 25.0. The summed E-state index contributed by atoms with van der Waals surface area (Å²) in [6.45, 7) is 3.58. The SMILES string of the molecule is Cc1ccc(N2C[C@H](C(=O)Oc3ccc(N4C(=O)[C@@H]5[C@H](C)C=CC[C@H]5C4=O)cc3)CC2=O)cc1[N+](=O)[O-]. The van der Waals surface area contributed by atoms with Gasteiger partial charge in [0.05, 0.1) is 34.1 Å². The molecular formula is C27H25N3O7. The third-order valence-electron chi connectivity index (χ3n) is 7.35. The lowest BCUT2D eigenvalue weighted by molar-refractivity contribution is -0.385. The van der Waals surface area contributed by atoms with E-state index in [1.54, 1.807) is 31.2 Å². The molecule has 10 nitrogen and oxygen atoms in total. The number of anilines is 2. The number of imide groups is 1. The molecule has 3 aliphatic rings. The first kappa shape index (κ1) is 24.4. The maximum atomic E-state index is 13.0. The van der Waals surface area contributed by atoms with Gasteiger partial charge in [0.25, 0.3) is 5.69 Å². The predicted molar refractivity (Wildman–Crippen MR) is 133 cm³/mol. The second-order valence-electron chi connectivity index (χ2n) is 9.72. The first-order chi connectivity index (χ1) is 17.7. The summed E-state index contributed by atoms with van der Waals surface area (Å²) in [6, 6.07) is 10.6. The third-order valence-corrected chi connectivity index (χ3v) is 7.35. The molecule has 0 spiro atoms. The summed E-state index contributed by atoms with van der Waals surface area (Å²) in [5.74, 6) is -2.65. The van der Waals surface area contributed by atoms with Crippen LogP contribution in [0.3, 0.4) is 0 Å². The number of benzene rings is 2. The predicted octanol–water partition coefficient (Wildman–Crippen LogP) is 3.56. The zero-order valence-corrected chi connectivity index (χ0v) is 20.3. The van der Waals surface area contributed by atoms with Crippen LogP contribution in [-0.4, -0.2) is 35.2 Å². The monoisotopic (exact) mass is 503 g/mol. The van der Waals surface area contributed by atoms with Gasteiger partial charge in [-0.05, 0) is 49.6 Å². The van der Waals surface area contributed by atoms with Crippen LogP contribution in [0.4, 0.5) is 17.1 Å². The number of ether oxygens (including phenoxy) is 1. The number of allylic oxidation sites excluding steroid dienone is 2. The molecule has 0 N–H and O–H groups in total. The molecule has 2 aliphatic heterocycles. The minimum Gasteiger partial charge on any atom is -0.426 e. The van der Waals surface area contributed by atoms with E-state index in [1.165, 1.54) is 28.0 Å². The Morgan fingerprint density at radius 2 is 1.76 bits per heavy atom. The van der Waals surface area contributed by atoms with Crippen LogP contribution in [0.5, 0.6) is 5.75 Å². The number of nitrogens with zero attached hydrogens (tertiary/aromatic N) is 3. The van der Waals surface area contributed by atoms with Gasteiger partial charge in [-0.2, -0.15) is 0 Å². The van der Waals surface area contributed by atoms with E-state index in [4.69, 9.17) is 4.74 Å². The van der Waals surface area contributed by atoms with Gasteiger partial charge in [0.1, 0.15) is 5.75 Å². The van der Waals surface area contributed by atoms with Crippen LogP contribution >= 0.6 is 0 Å². The fourth-order valence-corrected chi connectivity index (χ4v) is 5.34. The third kappa shape index (κ3) is 4.28. The number of carbonyl (C=O) groups excluding carboxylic acids is 4. The fourth-order valence-electron chi connectivity index (χ4n) is 5.34. The lowest BCUT2D eigenvalue weighted by Gasteiger charge is -2.22. The van der Waals surface area contributed by atoms with Crippen LogP contribution in [0.15, 0.2) is 54.6 Å². The van der Waals surface area contributed by atoms with Gasteiger partial charge in [0, 0.05) is 24.6 Å². The van der Waals surface area contributed by atoms with Crippen molar-refractivity contribution < 1.29 is 28.8 Å². The standard InChI is InChI=1S/C27H25N3O7/c1-15-6-7-19(13-22(15)30(35)36)28-14-17(12-23(28)31)27(34)37-20-10-8-18(9-11-20)29-25(32)21-5-3-4-16(2)24(21)26(29)33/h3-4,6-11,13,16-17,21,24H,5,12,14H2,1-2H3/t16-,17-,21-,24-/m1/s1. The van der Waals surface area contributed by atoms with Crippen LogP contribution in [0.2, 0.25) is 0 Å². The average Bonchev–Trinajstić information content (AvgIpc) is 3.38. The van der Waals surface area contributed by atoms with Crippen molar-refractivity contribution in [3.8, 4) is 5.75 Å². The summed E-state index contributed by atoms with van der Waals surface area (Å²) in [4.78, 5) is 64.5. The summed E-state index contributed by atoms with van der Waals surface area (Å²) in [5, 5.41) is 11.3. The Balaban J connectivity index is 1.25. The van der Waals surface area contributed by atoms with Gasteiger partial charge < -0.3 is 9.64 Å². The summed E-state index contributed by atoms with van der Waals surface area (Å²) in [7, 11) is 0. The summed E-state index contributed by atoms with van der Waals surface area (Å²) in [6.07, 6.45) is 4.37. The van der Waals surface area contributed by atoms with Crippen molar-refractivity contribution in [1.82, 2.24) is 0 Å². The average molecular weight is 504 g/mol. The molecule has 2 aromatic rings. The molecule has 4 atom stereocenters. The molecule has 0 bridgehead atoms. The van der Waals surface area contributed by atoms with Gasteiger partial charge >= 0.3 is 5.97 Å². The molecule has 2 heterocycles. The molecule has 2 fully saturated rings. The van der Waals surface area contributed by atoms with Gasteiger partial charge in [-0.15, -0.1) is 0 Å². The highest BCUT2D eigenvalue weighted by Crippen LogP contribution is 2.40. The molecule has 0 radical (unpaired) electrons. The Labute approximate surface area is 212 Å². The number of amides is 3. The number of hydrogen-bond acceptors (Lipinski definition) is 7. The minimum absolute atomic E-state index is 0.0137. The highest BCUT2D eigenvalue weighted by Gasteiger charge is 2.50. The number of rotatable bonds is 5. The van der Waals surface area contributed by atoms with E-state index in [-0.39, 0.29) is 59.9 Å². The Morgan fingerprint density at radius 3 is 2.43 bits per heavy atom. The molecule has 10 heteroatoms. The Kier molecular flexibility index (Phi) is 6.10. The summed E-state index contributed by atoms with van der Waals surface area (Å²) >= 11 is 0. The summed E-state index contributed by atoms with van der Waals surface area (Å²) < 4.78 is 5.47. The molecule has 0 aromatic heterocycles. The quantitative estimate of drug-likeness (QED) is 0.152. The number of nitro benzene ring substituents is 1. The van der Waals surface area contributed by atoms with E-state index in [0.29, 0.717) is 23.4 Å². The van der Waals surface area contributed by atoms with E-state index < -0.39 is 16.8 Å². The van der Waals surface area contributed by atoms with E-state index in [9.17, 15) is 29.3 Å². The number of carbonyl (C=O) groups is 4. The van der Waals surface area contributed by atoms with E-state index in [2.05, 4.69) is 0 Å². The second kappa shape index (κ2) is 9.27. The molecule has 2 saturated heterocycles. The molecule has 190 valence electrons. The molecule has 3 amide bonds. The molecule has 5 rings (SSSR count). The first-order valence-corrected chi connectivity index (χ1v) is 12.1. The highest BCUT2D eigenvalue weighted by molar-refractivity contribution is 6.22. The largest absolute Gasteiger partial charge is 0.426 e.